The van der Waals surface area contributed by atoms with Gasteiger partial charge in [0, 0.05) is 46.4 Å². The van der Waals surface area contributed by atoms with Crippen molar-refractivity contribution in [3.63, 3.8) is 0 Å². The number of nitrogens with one attached hydrogen (secondary N) is 1. The molecule has 1 fully saturated rings. The van der Waals surface area contributed by atoms with Crippen molar-refractivity contribution in [1.82, 2.24) is 15.1 Å². The van der Waals surface area contributed by atoms with Gasteiger partial charge in [0.25, 0.3) is 0 Å². The van der Waals surface area contributed by atoms with E-state index in [1.165, 1.54) is 5.57 Å². The van der Waals surface area contributed by atoms with Crippen molar-refractivity contribution >= 4 is 5.91 Å². The fraction of sp³-hybridized carbons (Fsp3) is 0.769. The molecule has 0 spiro atoms. The average Bonchev–Trinajstić information content (AvgIpc) is 2.31. The lowest BCUT2D eigenvalue weighted by Gasteiger charge is -2.34. The summed E-state index contributed by atoms with van der Waals surface area (Å²) in [6.07, 6.45) is 0. The maximum absolute atomic E-state index is 11.6. The van der Waals surface area contributed by atoms with Crippen LogP contribution in [0.1, 0.15) is 6.92 Å². The minimum absolute atomic E-state index is 0.0837. The van der Waals surface area contributed by atoms with E-state index in [-0.39, 0.29) is 5.91 Å². The summed E-state index contributed by atoms with van der Waals surface area (Å²) in [7, 11) is 1.63. The number of amides is 1. The molecule has 0 aromatic heterocycles. The summed E-state index contributed by atoms with van der Waals surface area (Å²) >= 11 is 0. The van der Waals surface area contributed by atoms with Gasteiger partial charge in [0.05, 0.1) is 13.2 Å². The lowest BCUT2D eigenvalue weighted by Crippen LogP contribution is -2.49. The summed E-state index contributed by atoms with van der Waals surface area (Å²) in [5.74, 6) is 0.0837. The average molecular weight is 255 g/mol. The number of hydrogen-bond donors (Lipinski definition) is 1. The van der Waals surface area contributed by atoms with Gasteiger partial charge in [-0.25, -0.2) is 0 Å². The Hall–Kier alpha value is -0.910. The first-order chi connectivity index (χ1) is 8.61. The second-order valence-electron chi connectivity index (χ2n) is 4.85. The van der Waals surface area contributed by atoms with Crippen molar-refractivity contribution in [2.75, 3.05) is 59.5 Å². The van der Waals surface area contributed by atoms with Gasteiger partial charge in [0.1, 0.15) is 0 Å². The van der Waals surface area contributed by atoms with E-state index in [0.29, 0.717) is 19.7 Å². The number of ether oxygens (including phenoxy) is 1. The van der Waals surface area contributed by atoms with Crippen molar-refractivity contribution in [3.8, 4) is 0 Å². The predicted molar refractivity (Wildman–Crippen MR) is 72.6 cm³/mol. The summed E-state index contributed by atoms with van der Waals surface area (Å²) in [4.78, 5) is 16.2. The van der Waals surface area contributed by atoms with E-state index in [4.69, 9.17) is 4.74 Å². The molecule has 0 bridgehead atoms. The van der Waals surface area contributed by atoms with Gasteiger partial charge < -0.3 is 10.1 Å². The highest BCUT2D eigenvalue weighted by Gasteiger charge is 2.18. The number of carbonyl (C=O) groups is 1. The third kappa shape index (κ3) is 6.14. The molecule has 1 aliphatic heterocycles. The summed E-state index contributed by atoms with van der Waals surface area (Å²) in [5, 5.41) is 2.84. The second kappa shape index (κ2) is 8.24. The van der Waals surface area contributed by atoms with E-state index in [2.05, 4.69) is 28.6 Å². The fourth-order valence-corrected chi connectivity index (χ4v) is 2.04. The van der Waals surface area contributed by atoms with E-state index in [0.717, 1.165) is 32.7 Å². The topological polar surface area (TPSA) is 44.8 Å². The van der Waals surface area contributed by atoms with Gasteiger partial charge in [-0.1, -0.05) is 12.2 Å². The van der Waals surface area contributed by atoms with E-state index < -0.39 is 0 Å². The molecule has 0 saturated carbocycles. The van der Waals surface area contributed by atoms with Gasteiger partial charge in [-0.05, 0) is 6.92 Å². The molecule has 104 valence electrons. The zero-order valence-electron chi connectivity index (χ0n) is 11.6. The summed E-state index contributed by atoms with van der Waals surface area (Å²) in [5.41, 5.74) is 1.20. The highest BCUT2D eigenvalue weighted by molar-refractivity contribution is 5.77. The first-order valence-electron chi connectivity index (χ1n) is 6.46. The first-order valence-corrected chi connectivity index (χ1v) is 6.46. The van der Waals surface area contributed by atoms with Gasteiger partial charge in [0.15, 0.2) is 0 Å². The molecule has 1 saturated heterocycles. The highest BCUT2D eigenvalue weighted by atomic mass is 16.5. The second-order valence-corrected chi connectivity index (χ2v) is 4.85. The molecule has 0 atom stereocenters. The van der Waals surface area contributed by atoms with Crippen molar-refractivity contribution in [1.29, 1.82) is 0 Å². The molecule has 1 heterocycles. The van der Waals surface area contributed by atoms with Crippen LogP contribution in [0.3, 0.4) is 0 Å². The molecule has 0 radical (unpaired) electrons. The number of piperazine rings is 1. The highest BCUT2D eigenvalue weighted by Crippen LogP contribution is 2.03. The quantitative estimate of drug-likeness (QED) is 0.511. The van der Waals surface area contributed by atoms with Crippen LogP contribution in [0, 0.1) is 0 Å². The summed E-state index contributed by atoms with van der Waals surface area (Å²) < 4.78 is 4.89. The molecule has 1 amide bonds. The van der Waals surface area contributed by atoms with Crippen LogP contribution in [0.2, 0.25) is 0 Å². The van der Waals surface area contributed by atoms with Crippen molar-refractivity contribution in [3.05, 3.63) is 12.2 Å². The zero-order chi connectivity index (χ0) is 13.4. The van der Waals surface area contributed by atoms with Crippen molar-refractivity contribution in [2.24, 2.45) is 0 Å². The monoisotopic (exact) mass is 255 g/mol. The Balaban J connectivity index is 2.14. The van der Waals surface area contributed by atoms with Gasteiger partial charge >= 0.3 is 0 Å². The van der Waals surface area contributed by atoms with Gasteiger partial charge in [-0.2, -0.15) is 0 Å². The molecular weight excluding hydrogens is 230 g/mol. The number of carbonyl (C=O) groups excluding carboxylic acids is 1. The Kier molecular flexibility index (Phi) is 6.93. The van der Waals surface area contributed by atoms with E-state index in [1.54, 1.807) is 7.11 Å². The minimum Gasteiger partial charge on any atom is -0.383 e. The molecule has 0 aromatic carbocycles. The lowest BCUT2D eigenvalue weighted by atomic mass is 10.2. The first kappa shape index (κ1) is 15.1. The molecule has 18 heavy (non-hydrogen) atoms. The normalized spacial score (nSPS) is 17.7. The third-order valence-electron chi connectivity index (χ3n) is 2.95. The van der Waals surface area contributed by atoms with Crippen LogP contribution in [0.4, 0.5) is 0 Å². The number of methoxy groups -OCH3 is 1. The van der Waals surface area contributed by atoms with Crippen LogP contribution in [0.5, 0.6) is 0 Å². The smallest absolute Gasteiger partial charge is 0.234 e. The lowest BCUT2D eigenvalue weighted by molar-refractivity contribution is -0.122. The minimum atomic E-state index is 0.0837. The maximum Gasteiger partial charge on any atom is 0.234 e. The molecule has 5 nitrogen and oxygen atoms in total. The van der Waals surface area contributed by atoms with E-state index in [9.17, 15) is 4.79 Å². The largest absolute Gasteiger partial charge is 0.383 e. The molecule has 1 N–H and O–H groups in total. The van der Waals surface area contributed by atoms with Gasteiger partial charge in [-0.3, -0.25) is 14.6 Å². The Morgan fingerprint density at radius 1 is 1.22 bits per heavy atom. The number of nitrogens with zero attached hydrogens (tertiary/aromatic N) is 2. The Bertz CT molecular complexity index is 273. The number of hydrogen-bond acceptors (Lipinski definition) is 4. The standard InChI is InChI=1S/C13H25N3O2/c1-12(2)10-15-5-7-16(8-6-15)11-13(17)14-4-9-18-3/h1,4-11H2,2-3H3,(H,14,17). The molecule has 0 aromatic rings. The zero-order valence-corrected chi connectivity index (χ0v) is 11.6. The van der Waals surface area contributed by atoms with Gasteiger partial charge in [0.2, 0.25) is 5.91 Å². The van der Waals surface area contributed by atoms with Crippen molar-refractivity contribution in [2.45, 2.75) is 6.92 Å². The van der Waals surface area contributed by atoms with Crippen LogP contribution >= 0.6 is 0 Å². The molecule has 0 unspecified atom stereocenters. The Morgan fingerprint density at radius 3 is 2.28 bits per heavy atom. The Labute approximate surface area is 110 Å². The van der Waals surface area contributed by atoms with E-state index >= 15 is 0 Å². The van der Waals surface area contributed by atoms with Crippen molar-refractivity contribution < 1.29 is 9.53 Å². The van der Waals surface area contributed by atoms with Crippen LogP contribution in [-0.4, -0.2) is 75.2 Å². The van der Waals surface area contributed by atoms with Crippen LogP contribution < -0.4 is 5.32 Å². The summed E-state index contributed by atoms with van der Waals surface area (Å²) in [6.45, 7) is 12.5. The molecule has 0 aliphatic carbocycles. The molecular formula is C13H25N3O2. The number of rotatable bonds is 7. The molecule has 1 aliphatic rings. The SMILES string of the molecule is C=C(C)CN1CCN(CC(=O)NCCOC)CC1. The van der Waals surface area contributed by atoms with Crippen LogP contribution in [-0.2, 0) is 9.53 Å². The predicted octanol–water partition coefficient (Wildman–Crippen LogP) is -0.0573. The fourth-order valence-electron chi connectivity index (χ4n) is 2.04. The molecule has 5 heteroatoms. The van der Waals surface area contributed by atoms with Gasteiger partial charge in [-0.15, -0.1) is 0 Å². The van der Waals surface area contributed by atoms with Crippen LogP contribution in [0.15, 0.2) is 12.2 Å². The molecule has 1 rings (SSSR count). The Morgan fingerprint density at radius 2 is 1.78 bits per heavy atom. The third-order valence-corrected chi connectivity index (χ3v) is 2.95. The van der Waals surface area contributed by atoms with E-state index in [1.807, 2.05) is 0 Å². The maximum atomic E-state index is 11.6. The van der Waals surface area contributed by atoms with Crippen LogP contribution in [0.25, 0.3) is 0 Å². The summed E-state index contributed by atoms with van der Waals surface area (Å²) in [6, 6.07) is 0.